The van der Waals surface area contributed by atoms with Crippen LogP contribution in [0.25, 0.3) is 0 Å². The molecule has 2 aromatic carbocycles. The van der Waals surface area contributed by atoms with Crippen molar-refractivity contribution in [2.24, 2.45) is 12.0 Å². The number of aromatic nitrogens is 1. The van der Waals surface area contributed by atoms with Crippen LogP contribution in [0.4, 0.5) is 0 Å². The molecule has 27 heavy (non-hydrogen) atoms. The van der Waals surface area contributed by atoms with Crippen LogP contribution in [0, 0.1) is 0 Å². The summed E-state index contributed by atoms with van der Waals surface area (Å²) >= 11 is 0. The Bertz CT molecular complexity index is 948. The van der Waals surface area contributed by atoms with Gasteiger partial charge in [-0.15, -0.1) is 0 Å². The second kappa shape index (κ2) is 7.50. The molecule has 2 heterocycles. The monoisotopic (exact) mass is 360 g/mol. The molecule has 0 aliphatic carbocycles. The first kappa shape index (κ1) is 17.1. The molecular weight excluding hydrogens is 340 g/mol. The van der Waals surface area contributed by atoms with Crippen molar-refractivity contribution < 1.29 is 14.3 Å². The molecule has 0 fully saturated rings. The van der Waals surface area contributed by atoms with E-state index in [0.717, 1.165) is 16.8 Å². The molecule has 2 atom stereocenters. The van der Waals surface area contributed by atoms with Crippen molar-refractivity contribution in [3.63, 3.8) is 0 Å². The number of esters is 1. The standard InChI is InChI=1S/C22H20N2O3/c1-24-14-8-13-18(24)20-19(22(25)26-15-16-9-4-2-5-10-16)23-21(27-20)17-11-6-3-7-12-17/h2-14,19-20H,15H2,1H3. The van der Waals surface area contributed by atoms with E-state index >= 15 is 0 Å². The fourth-order valence-electron chi connectivity index (χ4n) is 3.11. The van der Waals surface area contributed by atoms with Crippen LogP contribution in [0.5, 0.6) is 0 Å². The third-order valence-corrected chi connectivity index (χ3v) is 4.54. The number of nitrogens with zero attached hydrogens (tertiary/aromatic N) is 2. The van der Waals surface area contributed by atoms with Gasteiger partial charge in [0.1, 0.15) is 6.61 Å². The Morgan fingerprint density at radius 2 is 1.74 bits per heavy atom. The lowest BCUT2D eigenvalue weighted by molar-refractivity contribution is -0.148. The van der Waals surface area contributed by atoms with E-state index in [-0.39, 0.29) is 6.61 Å². The summed E-state index contributed by atoms with van der Waals surface area (Å²) in [5, 5.41) is 0. The zero-order valence-electron chi connectivity index (χ0n) is 15.0. The first-order valence-corrected chi connectivity index (χ1v) is 8.84. The molecule has 0 radical (unpaired) electrons. The van der Waals surface area contributed by atoms with E-state index in [9.17, 15) is 4.79 Å². The van der Waals surface area contributed by atoms with E-state index in [1.165, 1.54) is 0 Å². The molecule has 5 heteroatoms. The molecule has 0 saturated heterocycles. The Hall–Kier alpha value is -3.34. The summed E-state index contributed by atoms with van der Waals surface area (Å²) in [5.74, 6) is 0.0689. The van der Waals surface area contributed by atoms with Gasteiger partial charge in [-0.25, -0.2) is 9.79 Å². The normalized spacial score (nSPS) is 18.6. The van der Waals surface area contributed by atoms with Gasteiger partial charge in [-0.3, -0.25) is 0 Å². The lowest BCUT2D eigenvalue weighted by atomic mass is 10.1. The van der Waals surface area contributed by atoms with Crippen LogP contribution in [0.2, 0.25) is 0 Å². The predicted molar refractivity (Wildman–Crippen MR) is 102 cm³/mol. The third-order valence-electron chi connectivity index (χ3n) is 4.54. The molecule has 0 saturated carbocycles. The van der Waals surface area contributed by atoms with E-state index in [1.807, 2.05) is 90.6 Å². The van der Waals surface area contributed by atoms with Gasteiger partial charge in [0, 0.05) is 18.8 Å². The number of carbonyl (C=O) groups is 1. The van der Waals surface area contributed by atoms with E-state index in [2.05, 4.69) is 4.99 Å². The van der Waals surface area contributed by atoms with Crippen LogP contribution in [-0.2, 0) is 27.9 Å². The highest BCUT2D eigenvalue weighted by Gasteiger charge is 2.40. The molecule has 2 unspecified atom stereocenters. The van der Waals surface area contributed by atoms with Crippen molar-refractivity contribution in [1.29, 1.82) is 0 Å². The molecule has 5 nitrogen and oxygen atoms in total. The minimum Gasteiger partial charge on any atom is -0.465 e. The number of hydrogen-bond donors (Lipinski definition) is 0. The summed E-state index contributed by atoms with van der Waals surface area (Å²) in [6.07, 6.45) is 1.41. The predicted octanol–water partition coefficient (Wildman–Crippen LogP) is 3.66. The maximum absolute atomic E-state index is 12.8. The van der Waals surface area contributed by atoms with Crippen molar-refractivity contribution in [2.75, 3.05) is 0 Å². The second-order valence-electron chi connectivity index (χ2n) is 6.42. The van der Waals surface area contributed by atoms with Crippen LogP contribution in [0.15, 0.2) is 84.0 Å². The number of hydrogen-bond acceptors (Lipinski definition) is 4. The SMILES string of the molecule is Cn1cccc1C1OC(c2ccccc2)=NC1C(=O)OCc1ccccc1. The fraction of sp³-hybridized carbons (Fsp3) is 0.182. The number of benzene rings is 2. The lowest BCUT2D eigenvalue weighted by Gasteiger charge is -2.18. The Balaban J connectivity index is 1.58. The van der Waals surface area contributed by atoms with Crippen LogP contribution in [-0.4, -0.2) is 22.5 Å². The Kier molecular flexibility index (Phi) is 4.75. The summed E-state index contributed by atoms with van der Waals surface area (Å²) in [4.78, 5) is 17.3. The summed E-state index contributed by atoms with van der Waals surface area (Å²) in [5.41, 5.74) is 2.66. The molecular formula is C22H20N2O3. The molecule has 1 aromatic heterocycles. The third kappa shape index (κ3) is 3.62. The van der Waals surface area contributed by atoms with Gasteiger partial charge in [-0.2, -0.15) is 0 Å². The maximum atomic E-state index is 12.8. The zero-order valence-corrected chi connectivity index (χ0v) is 15.0. The Morgan fingerprint density at radius 3 is 2.41 bits per heavy atom. The smallest absolute Gasteiger partial charge is 0.335 e. The molecule has 0 amide bonds. The van der Waals surface area contributed by atoms with Crippen LogP contribution < -0.4 is 0 Å². The zero-order chi connectivity index (χ0) is 18.6. The van der Waals surface area contributed by atoms with Gasteiger partial charge in [-0.05, 0) is 29.8 Å². The van der Waals surface area contributed by atoms with Gasteiger partial charge in [0.05, 0.1) is 5.69 Å². The van der Waals surface area contributed by atoms with Crippen molar-refractivity contribution in [2.45, 2.75) is 18.8 Å². The van der Waals surface area contributed by atoms with Gasteiger partial charge in [0.25, 0.3) is 0 Å². The summed E-state index contributed by atoms with van der Waals surface area (Å²) in [7, 11) is 1.92. The Labute approximate surface area is 157 Å². The minimum absolute atomic E-state index is 0.215. The van der Waals surface area contributed by atoms with Gasteiger partial charge in [-0.1, -0.05) is 48.5 Å². The summed E-state index contributed by atoms with van der Waals surface area (Å²) < 4.78 is 13.6. The molecule has 1 aliphatic rings. The number of aliphatic imine (C=N–C) groups is 1. The van der Waals surface area contributed by atoms with E-state index in [0.29, 0.717) is 5.90 Å². The highest BCUT2D eigenvalue weighted by atomic mass is 16.5. The quantitative estimate of drug-likeness (QED) is 0.653. The largest absolute Gasteiger partial charge is 0.465 e. The molecule has 4 rings (SSSR count). The Morgan fingerprint density at radius 1 is 1.04 bits per heavy atom. The molecule has 1 aliphatic heterocycles. The van der Waals surface area contributed by atoms with Crippen LogP contribution in [0.1, 0.15) is 22.9 Å². The average molecular weight is 360 g/mol. The van der Waals surface area contributed by atoms with Crippen molar-refractivity contribution >= 4 is 11.9 Å². The molecule has 136 valence electrons. The topological polar surface area (TPSA) is 52.8 Å². The second-order valence-corrected chi connectivity index (χ2v) is 6.42. The van der Waals surface area contributed by atoms with Gasteiger partial charge in [0.15, 0.2) is 12.1 Å². The van der Waals surface area contributed by atoms with E-state index in [4.69, 9.17) is 9.47 Å². The number of rotatable bonds is 5. The molecule has 0 N–H and O–H groups in total. The van der Waals surface area contributed by atoms with Crippen LogP contribution in [0.3, 0.4) is 0 Å². The van der Waals surface area contributed by atoms with Gasteiger partial charge in [0.2, 0.25) is 5.90 Å². The first-order valence-electron chi connectivity index (χ1n) is 8.84. The highest BCUT2D eigenvalue weighted by Crippen LogP contribution is 2.32. The average Bonchev–Trinajstić information content (AvgIpc) is 3.34. The maximum Gasteiger partial charge on any atom is 0.335 e. The number of ether oxygens (including phenoxy) is 2. The highest BCUT2D eigenvalue weighted by molar-refractivity contribution is 5.98. The van der Waals surface area contributed by atoms with Gasteiger partial charge >= 0.3 is 5.97 Å². The molecule has 0 spiro atoms. The lowest BCUT2D eigenvalue weighted by Crippen LogP contribution is -2.27. The van der Waals surface area contributed by atoms with Crippen molar-refractivity contribution in [3.8, 4) is 0 Å². The molecule has 3 aromatic rings. The van der Waals surface area contributed by atoms with Crippen molar-refractivity contribution in [1.82, 2.24) is 4.57 Å². The molecule has 0 bridgehead atoms. The van der Waals surface area contributed by atoms with Gasteiger partial charge < -0.3 is 14.0 Å². The number of aryl methyl sites for hydroxylation is 1. The van der Waals surface area contributed by atoms with Crippen LogP contribution >= 0.6 is 0 Å². The van der Waals surface area contributed by atoms with E-state index < -0.39 is 18.1 Å². The minimum atomic E-state index is -0.738. The summed E-state index contributed by atoms with van der Waals surface area (Å²) in [6, 6.07) is 22.3. The van der Waals surface area contributed by atoms with E-state index in [1.54, 1.807) is 0 Å². The van der Waals surface area contributed by atoms with Crippen molar-refractivity contribution in [3.05, 3.63) is 95.8 Å². The fourth-order valence-corrected chi connectivity index (χ4v) is 3.11. The number of carbonyl (C=O) groups excluding carboxylic acids is 1. The summed E-state index contributed by atoms with van der Waals surface area (Å²) in [6.45, 7) is 0.215. The first-order chi connectivity index (χ1) is 13.2.